The lowest BCUT2D eigenvalue weighted by molar-refractivity contribution is -0.126. The van der Waals surface area contributed by atoms with Crippen molar-refractivity contribution >= 4 is 23.3 Å². The van der Waals surface area contributed by atoms with Gasteiger partial charge in [-0.1, -0.05) is 0 Å². The smallest absolute Gasteiger partial charge is 0.417 e. The van der Waals surface area contributed by atoms with Crippen LogP contribution in [0.4, 0.5) is 18.0 Å². The molecule has 2 heterocycles. The fourth-order valence-corrected chi connectivity index (χ4v) is 2.85. The Labute approximate surface area is 130 Å². The minimum atomic E-state index is -1.69. The summed E-state index contributed by atoms with van der Waals surface area (Å²) in [4.78, 5) is 27.8. The van der Waals surface area contributed by atoms with Crippen LogP contribution in [0.5, 0.6) is 5.75 Å². The highest BCUT2D eigenvalue weighted by atomic mass is 32.1. The number of amides is 2. The average Bonchev–Trinajstić information content (AvgIpc) is 3.11. The highest BCUT2D eigenvalue weighted by Crippen LogP contribution is 2.34. The van der Waals surface area contributed by atoms with Crippen LogP contribution in [0.1, 0.15) is 4.88 Å². The molecule has 0 aliphatic carbocycles. The van der Waals surface area contributed by atoms with Crippen LogP contribution in [0.3, 0.4) is 0 Å². The van der Waals surface area contributed by atoms with Gasteiger partial charge in [-0.05, 0) is 6.07 Å². The number of phenols is 1. The van der Waals surface area contributed by atoms with Crippen molar-refractivity contribution in [1.29, 1.82) is 0 Å². The molecule has 2 amide bonds. The van der Waals surface area contributed by atoms with Gasteiger partial charge in [0.15, 0.2) is 24.0 Å². The summed E-state index contributed by atoms with van der Waals surface area (Å²) in [7, 11) is 0. The number of aromatic hydroxyl groups is 1. The van der Waals surface area contributed by atoms with Crippen LogP contribution in [0, 0.1) is 17.5 Å². The number of imide groups is 1. The molecular formula is C13H7F3N2O4S. The number of ether oxygens (including phenoxy) is 1. The molecule has 10 heteroatoms. The molecule has 6 nitrogen and oxygen atoms in total. The minimum absolute atomic E-state index is 0.0355. The van der Waals surface area contributed by atoms with Crippen LogP contribution in [0.25, 0.3) is 10.6 Å². The van der Waals surface area contributed by atoms with Crippen LogP contribution in [0.2, 0.25) is 0 Å². The number of rotatable bonds is 3. The van der Waals surface area contributed by atoms with Crippen molar-refractivity contribution in [1.82, 2.24) is 9.88 Å². The van der Waals surface area contributed by atoms with E-state index >= 15 is 0 Å². The molecule has 0 bridgehead atoms. The Hall–Kier alpha value is -2.62. The number of hydrogen-bond acceptors (Lipinski definition) is 6. The molecule has 23 heavy (non-hydrogen) atoms. The quantitative estimate of drug-likeness (QED) is 0.865. The lowest BCUT2D eigenvalue weighted by Gasteiger charge is -2.07. The molecule has 1 aliphatic rings. The van der Waals surface area contributed by atoms with Gasteiger partial charge in [-0.25, -0.2) is 23.5 Å². The Bertz CT molecular complexity index is 808. The molecule has 0 radical (unpaired) electrons. The summed E-state index contributed by atoms with van der Waals surface area (Å²) in [6.45, 7) is -0.483. The first-order chi connectivity index (χ1) is 10.9. The van der Waals surface area contributed by atoms with Gasteiger partial charge in [-0.3, -0.25) is 4.79 Å². The predicted molar refractivity (Wildman–Crippen MR) is 71.0 cm³/mol. The first kappa shape index (κ1) is 15.3. The summed E-state index contributed by atoms with van der Waals surface area (Å²) in [5, 5.41) is 9.17. The number of cyclic esters (lactones) is 1. The van der Waals surface area contributed by atoms with Crippen molar-refractivity contribution in [2.24, 2.45) is 0 Å². The first-order valence-corrected chi connectivity index (χ1v) is 6.98. The number of thiazole rings is 1. The van der Waals surface area contributed by atoms with E-state index in [0.29, 0.717) is 10.9 Å². The van der Waals surface area contributed by atoms with E-state index in [1.165, 1.54) is 6.20 Å². The van der Waals surface area contributed by atoms with Gasteiger partial charge < -0.3 is 9.84 Å². The van der Waals surface area contributed by atoms with Gasteiger partial charge in [-0.15, -0.1) is 11.3 Å². The zero-order valence-corrected chi connectivity index (χ0v) is 12.0. The fourth-order valence-electron chi connectivity index (χ4n) is 1.94. The van der Waals surface area contributed by atoms with Crippen molar-refractivity contribution in [3.8, 4) is 16.3 Å². The van der Waals surface area contributed by atoms with Crippen molar-refractivity contribution in [2.75, 3.05) is 6.61 Å². The largest absolute Gasteiger partial charge is 0.503 e. The first-order valence-electron chi connectivity index (χ1n) is 6.17. The molecule has 1 fully saturated rings. The molecule has 120 valence electrons. The normalized spacial score (nSPS) is 14.5. The number of carbonyl (C=O) groups excluding carboxylic acids is 2. The molecule has 3 rings (SSSR count). The van der Waals surface area contributed by atoms with E-state index in [9.17, 15) is 27.9 Å². The molecule has 0 unspecified atom stereocenters. The molecule has 1 aliphatic heterocycles. The Balaban J connectivity index is 1.91. The van der Waals surface area contributed by atoms with Crippen LogP contribution in [-0.2, 0) is 16.1 Å². The Morgan fingerprint density at radius 2 is 2.04 bits per heavy atom. The minimum Gasteiger partial charge on any atom is -0.503 e. The third-order valence-electron chi connectivity index (χ3n) is 3.07. The van der Waals surface area contributed by atoms with E-state index in [0.717, 1.165) is 16.2 Å². The van der Waals surface area contributed by atoms with Crippen molar-refractivity contribution in [3.63, 3.8) is 0 Å². The standard InChI is InChI=1S/C13H7F3N2O4S/c14-7-1-6(9(15)11(20)10(7)16)12-17-2-5(23-12)3-18-8(19)4-22-13(18)21/h1-2,20H,3-4H2. The van der Waals surface area contributed by atoms with Crippen LogP contribution in [0.15, 0.2) is 12.3 Å². The summed E-state index contributed by atoms with van der Waals surface area (Å²) in [6.07, 6.45) is 0.456. The Morgan fingerprint density at radius 3 is 2.70 bits per heavy atom. The molecule has 1 aromatic heterocycles. The lowest BCUT2D eigenvalue weighted by Crippen LogP contribution is -2.27. The second-order valence-corrected chi connectivity index (χ2v) is 5.66. The van der Waals surface area contributed by atoms with Gasteiger partial charge >= 0.3 is 6.09 Å². The van der Waals surface area contributed by atoms with E-state index in [2.05, 4.69) is 9.72 Å². The van der Waals surface area contributed by atoms with E-state index < -0.39 is 40.8 Å². The maximum Gasteiger partial charge on any atom is 0.417 e. The van der Waals surface area contributed by atoms with E-state index in [1.54, 1.807) is 0 Å². The van der Waals surface area contributed by atoms with Crippen molar-refractivity contribution < 1.29 is 32.6 Å². The zero-order chi connectivity index (χ0) is 16.7. The molecule has 1 saturated heterocycles. The number of halogens is 3. The number of phenolic OH excluding ortho intramolecular Hbond substituents is 1. The van der Waals surface area contributed by atoms with Gasteiger partial charge in [0, 0.05) is 11.1 Å². The molecular weight excluding hydrogens is 337 g/mol. The predicted octanol–water partition coefficient (Wildman–Crippen LogP) is 2.41. The van der Waals surface area contributed by atoms with Gasteiger partial charge in [0.05, 0.1) is 12.1 Å². The fraction of sp³-hybridized carbons (Fsp3) is 0.154. The van der Waals surface area contributed by atoms with Crippen molar-refractivity contribution in [3.05, 3.63) is 34.6 Å². The lowest BCUT2D eigenvalue weighted by atomic mass is 10.2. The summed E-state index contributed by atoms with van der Waals surface area (Å²) in [6, 6.07) is 0.572. The zero-order valence-electron chi connectivity index (χ0n) is 11.2. The second kappa shape index (κ2) is 5.54. The average molecular weight is 344 g/mol. The molecule has 1 N–H and O–H groups in total. The summed E-state index contributed by atoms with van der Waals surface area (Å²) in [5.41, 5.74) is -0.423. The summed E-state index contributed by atoms with van der Waals surface area (Å²) < 4.78 is 44.8. The molecule has 2 aromatic rings. The molecule has 0 saturated carbocycles. The van der Waals surface area contributed by atoms with Gasteiger partial charge in [0.25, 0.3) is 5.91 Å². The number of nitrogens with zero attached hydrogens (tertiary/aromatic N) is 2. The number of benzene rings is 1. The second-order valence-electron chi connectivity index (χ2n) is 4.55. The third kappa shape index (κ3) is 2.61. The number of aromatic nitrogens is 1. The maximum absolute atomic E-state index is 13.8. The Morgan fingerprint density at radius 1 is 1.30 bits per heavy atom. The van der Waals surface area contributed by atoms with Crippen LogP contribution in [-0.4, -0.2) is 33.6 Å². The molecule has 0 spiro atoms. The van der Waals surface area contributed by atoms with Gasteiger partial charge in [0.1, 0.15) is 5.01 Å². The van der Waals surface area contributed by atoms with Crippen LogP contribution >= 0.6 is 11.3 Å². The third-order valence-corrected chi connectivity index (χ3v) is 4.09. The Kier molecular flexibility index (Phi) is 3.68. The topological polar surface area (TPSA) is 79.7 Å². The molecule has 1 aromatic carbocycles. The van der Waals surface area contributed by atoms with E-state index in [4.69, 9.17) is 0 Å². The van der Waals surface area contributed by atoms with E-state index in [1.807, 2.05) is 0 Å². The SMILES string of the molecule is O=C1COC(=O)N1Cc1cnc(-c2cc(F)c(F)c(O)c2F)s1. The number of carbonyl (C=O) groups is 2. The maximum atomic E-state index is 13.8. The van der Waals surface area contributed by atoms with Crippen LogP contribution < -0.4 is 0 Å². The van der Waals surface area contributed by atoms with Gasteiger partial charge in [-0.2, -0.15) is 4.39 Å². The van der Waals surface area contributed by atoms with Gasteiger partial charge in [0.2, 0.25) is 5.82 Å². The summed E-state index contributed by atoms with van der Waals surface area (Å²) in [5.74, 6) is -6.42. The summed E-state index contributed by atoms with van der Waals surface area (Å²) >= 11 is 0.861. The van der Waals surface area contributed by atoms with Crippen molar-refractivity contribution in [2.45, 2.75) is 6.54 Å². The van der Waals surface area contributed by atoms with E-state index in [-0.39, 0.29) is 18.2 Å². The number of hydrogen-bond donors (Lipinski definition) is 1. The monoisotopic (exact) mass is 344 g/mol. The highest BCUT2D eigenvalue weighted by Gasteiger charge is 2.31. The molecule has 0 atom stereocenters. The highest BCUT2D eigenvalue weighted by molar-refractivity contribution is 7.15.